The van der Waals surface area contributed by atoms with Crippen LogP contribution >= 0.6 is 11.8 Å². The number of nitrogen functional groups attached to an aromatic ring is 1. The summed E-state index contributed by atoms with van der Waals surface area (Å²) in [5.41, 5.74) is 7.71. The maximum Gasteiger partial charge on any atom is 0.343 e. The number of ether oxygens (including phenoxy) is 1. The molecule has 9 nitrogen and oxygen atoms in total. The average Bonchev–Trinajstić information content (AvgIpc) is 3.23. The van der Waals surface area contributed by atoms with Gasteiger partial charge in [-0.25, -0.2) is 4.79 Å². The van der Waals surface area contributed by atoms with Crippen LogP contribution in [-0.4, -0.2) is 48.9 Å². The number of rotatable bonds is 5. The highest BCUT2D eigenvalue weighted by Gasteiger charge is 2.55. The Balaban J connectivity index is 1.45. The van der Waals surface area contributed by atoms with Gasteiger partial charge in [-0.05, 0) is 25.5 Å². The number of esters is 1. The molecule has 2 saturated heterocycles. The van der Waals surface area contributed by atoms with Crippen LogP contribution in [0.4, 0.5) is 17.6 Å². The number of hydrogen-bond acceptors (Lipinski definition) is 9. The Bertz CT molecular complexity index is 922. The second-order valence-corrected chi connectivity index (χ2v) is 8.05. The second-order valence-electron chi connectivity index (χ2n) is 6.68. The van der Waals surface area contributed by atoms with Crippen molar-refractivity contribution in [3.8, 4) is 0 Å². The summed E-state index contributed by atoms with van der Waals surface area (Å²) in [7, 11) is 0. The number of nitrogens with zero attached hydrogens (tertiary/aromatic N) is 4. The maximum atomic E-state index is 12.7. The van der Waals surface area contributed by atoms with E-state index in [0.717, 1.165) is 17.0 Å². The monoisotopic (exact) mass is 400 g/mol. The first-order valence-corrected chi connectivity index (χ1v) is 9.91. The molecule has 2 aliphatic heterocycles. The zero-order valence-corrected chi connectivity index (χ0v) is 16.2. The van der Waals surface area contributed by atoms with E-state index in [2.05, 4.69) is 20.3 Å². The van der Waals surface area contributed by atoms with Crippen LogP contribution in [0.25, 0.3) is 0 Å². The normalized spacial score (nSPS) is 20.9. The van der Waals surface area contributed by atoms with Crippen LogP contribution in [0.1, 0.15) is 24.2 Å². The number of carbonyl (C=O) groups excluding carboxylic acids is 2. The molecule has 1 aromatic carbocycles. The predicted octanol–water partition coefficient (Wildman–Crippen LogP) is 1.61. The lowest BCUT2D eigenvalue weighted by molar-refractivity contribution is -0.154. The van der Waals surface area contributed by atoms with Gasteiger partial charge in [0.05, 0.1) is 0 Å². The van der Waals surface area contributed by atoms with E-state index in [1.165, 1.54) is 11.8 Å². The zero-order valence-electron chi connectivity index (χ0n) is 15.3. The molecule has 2 fully saturated rings. The van der Waals surface area contributed by atoms with E-state index in [4.69, 9.17) is 10.5 Å². The first-order valence-electron chi connectivity index (χ1n) is 8.92. The summed E-state index contributed by atoms with van der Waals surface area (Å²) in [5, 5.41) is 3.06. The number of hydrogen-bond donors (Lipinski definition) is 2. The average molecular weight is 400 g/mol. The van der Waals surface area contributed by atoms with Gasteiger partial charge in [0.15, 0.2) is 17.3 Å². The fourth-order valence-electron chi connectivity index (χ4n) is 3.35. The molecule has 2 aromatic rings. The van der Waals surface area contributed by atoms with Crippen molar-refractivity contribution in [1.29, 1.82) is 0 Å². The van der Waals surface area contributed by atoms with E-state index < -0.39 is 10.8 Å². The molecule has 0 radical (unpaired) electrons. The number of anilines is 3. The van der Waals surface area contributed by atoms with Gasteiger partial charge in [0.25, 0.3) is 0 Å². The topological polar surface area (TPSA) is 123 Å². The summed E-state index contributed by atoms with van der Waals surface area (Å²) < 4.78 is 5.45. The van der Waals surface area contributed by atoms with Crippen LogP contribution in [0.3, 0.4) is 0 Å². The summed E-state index contributed by atoms with van der Waals surface area (Å²) in [6.45, 7) is 2.43. The minimum Gasteiger partial charge on any atom is -0.455 e. The molecule has 10 heteroatoms. The summed E-state index contributed by atoms with van der Waals surface area (Å²) in [5.74, 6) is 0.828. The molecule has 0 saturated carbocycles. The number of fused-ring (bicyclic) bond motifs is 1. The lowest BCUT2D eigenvalue weighted by Crippen LogP contribution is -2.46. The largest absolute Gasteiger partial charge is 0.455 e. The molecule has 0 bridgehead atoms. The molecule has 1 atom stereocenters. The maximum absolute atomic E-state index is 12.7. The Hall–Kier alpha value is -2.88. The number of amides is 1. The molecule has 0 unspecified atom stereocenters. The molecule has 0 aliphatic carbocycles. The molecule has 1 aromatic heterocycles. The smallest absolute Gasteiger partial charge is 0.343 e. The molecule has 28 heavy (non-hydrogen) atoms. The second kappa shape index (κ2) is 7.27. The lowest BCUT2D eigenvalue weighted by atomic mass is 10.2. The molecule has 2 aliphatic rings. The Morgan fingerprint density at radius 3 is 2.89 bits per heavy atom. The third-order valence-electron chi connectivity index (χ3n) is 4.73. The molecule has 146 valence electrons. The molecule has 3 N–H and O–H groups in total. The lowest BCUT2D eigenvalue weighted by Gasteiger charge is -2.28. The number of aryl methyl sites for hydroxylation is 1. The molecule has 0 spiro atoms. The number of benzene rings is 1. The van der Waals surface area contributed by atoms with Crippen LogP contribution in [-0.2, 0) is 20.9 Å². The van der Waals surface area contributed by atoms with Gasteiger partial charge >= 0.3 is 5.97 Å². The molecular formula is C18H20N6O3S. The Labute approximate surface area is 166 Å². The summed E-state index contributed by atoms with van der Waals surface area (Å²) in [6, 6.07) is 7.72. The summed E-state index contributed by atoms with van der Waals surface area (Å²) in [4.78, 5) is 37.8. The highest BCUT2D eigenvalue weighted by molar-refractivity contribution is 8.01. The molecule has 3 heterocycles. The molecule has 4 rings (SSSR count). The summed E-state index contributed by atoms with van der Waals surface area (Å²) >= 11 is 1.46. The van der Waals surface area contributed by atoms with Crippen LogP contribution in [0.5, 0.6) is 0 Å². The quantitative estimate of drug-likeness (QED) is 0.720. The first-order chi connectivity index (χ1) is 13.5. The van der Waals surface area contributed by atoms with E-state index in [-0.39, 0.29) is 30.2 Å². The van der Waals surface area contributed by atoms with E-state index in [0.29, 0.717) is 19.4 Å². The Morgan fingerprint density at radius 2 is 2.11 bits per heavy atom. The van der Waals surface area contributed by atoms with Crippen molar-refractivity contribution in [2.24, 2.45) is 0 Å². The fourth-order valence-corrected chi connectivity index (χ4v) is 4.73. The summed E-state index contributed by atoms with van der Waals surface area (Å²) in [6.07, 6.45) is 0.834. The van der Waals surface area contributed by atoms with Gasteiger partial charge in [0.2, 0.25) is 17.8 Å². The van der Waals surface area contributed by atoms with Crippen molar-refractivity contribution in [2.75, 3.05) is 23.3 Å². The Morgan fingerprint density at radius 1 is 1.32 bits per heavy atom. The van der Waals surface area contributed by atoms with Crippen LogP contribution < -0.4 is 11.1 Å². The van der Waals surface area contributed by atoms with Gasteiger partial charge in [-0.1, -0.05) is 17.7 Å². The van der Waals surface area contributed by atoms with E-state index in [1.54, 1.807) is 4.90 Å². The minimum atomic E-state index is -0.904. The fraction of sp³-hybridized carbons (Fsp3) is 0.389. The van der Waals surface area contributed by atoms with E-state index >= 15 is 0 Å². The van der Waals surface area contributed by atoms with Crippen molar-refractivity contribution in [3.05, 3.63) is 35.7 Å². The van der Waals surface area contributed by atoms with Gasteiger partial charge in [0.1, 0.15) is 0 Å². The molecular weight excluding hydrogens is 380 g/mol. The van der Waals surface area contributed by atoms with Gasteiger partial charge < -0.3 is 20.7 Å². The van der Waals surface area contributed by atoms with Crippen molar-refractivity contribution >= 4 is 41.2 Å². The number of nitrogens with two attached hydrogens (primary N) is 1. The Kier molecular flexibility index (Phi) is 4.80. The third kappa shape index (κ3) is 3.47. The highest BCUT2D eigenvalue weighted by atomic mass is 32.2. The third-order valence-corrected chi connectivity index (χ3v) is 6.18. The van der Waals surface area contributed by atoms with Crippen LogP contribution in [0, 0.1) is 6.92 Å². The first kappa shape index (κ1) is 18.5. The van der Waals surface area contributed by atoms with Gasteiger partial charge in [0, 0.05) is 24.4 Å². The van der Waals surface area contributed by atoms with Crippen molar-refractivity contribution in [3.63, 3.8) is 0 Å². The van der Waals surface area contributed by atoms with Crippen molar-refractivity contribution in [2.45, 2.75) is 31.2 Å². The SMILES string of the molecule is Cc1ccc(Nc2nc(N)nc(COC(=O)[C@@]34CCC(=O)N3CCS4)n2)cc1. The predicted molar refractivity (Wildman–Crippen MR) is 105 cm³/mol. The number of thioether (sulfide) groups is 1. The minimum absolute atomic E-state index is 0.00376. The number of aromatic nitrogens is 3. The highest BCUT2D eigenvalue weighted by Crippen LogP contribution is 2.45. The zero-order chi connectivity index (χ0) is 19.7. The van der Waals surface area contributed by atoms with Gasteiger partial charge in [-0.15, -0.1) is 11.8 Å². The van der Waals surface area contributed by atoms with Gasteiger partial charge in [-0.3, -0.25) is 4.79 Å². The van der Waals surface area contributed by atoms with Crippen LogP contribution in [0.2, 0.25) is 0 Å². The van der Waals surface area contributed by atoms with Gasteiger partial charge in [-0.2, -0.15) is 15.0 Å². The van der Waals surface area contributed by atoms with Crippen molar-refractivity contribution < 1.29 is 14.3 Å². The number of nitrogens with one attached hydrogen (secondary N) is 1. The van der Waals surface area contributed by atoms with E-state index in [1.807, 2.05) is 31.2 Å². The van der Waals surface area contributed by atoms with E-state index in [9.17, 15) is 9.59 Å². The number of carbonyl (C=O) groups is 2. The van der Waals surface area contributed by atoms with Crippen LogP contribution in [0.15, 0.2) is 24.3 Å². The van der Waals surface area contributed by atoms with Crippen molar-refractivity contribution in [1.82, 2.24) is 19.9 Å². The standard InChI is InChI=1S/C18H20N6O3S/c1-11-2-4-12(5-3-11)20-17-22-13(21-16(19)23-17)10-27-15(26)18-7-6-14(25)24(18)8-9-28-18/h2-5H,6-10H2,1H3,(H3,19,20,21,22,23)/t18-/m0/s1. The molecule has 1 amide bonds.